The number of ether oxygens (including phenoxy) is 4. The van der Waals surface area contributed by atoms with Crippen molar-refractivity contribution in [2.24, 2.45) is 5.92 Å². The van der Waals surface area contributed by atoms with E-state index in [1.54, 1.807) is 42.7 Å². The summed E-state index contributed by atoms with van der Waals surface area (Å²) in [5, 5.41) is 10.9. The Morgan fingerprint density at radius 2 is 1.78 bits per heavy atom. The maximum Gasteiger partial charge on any atom is 0.415 e. The van der Waals surface area contributed by atoms with Crippen LogP contribution in [0.15, 0.2) is 60.9 Å². The number of H-pyrrole nitrogens is 1. The van der Waals surface area contributed by atoms with Gasteiger partial charge in [0.05, 0.1) is 26.5 Å². The zero-order chi connectivity index (χ0) is 34.7. The minimum absolute atomic E-state index is 0. The van der Waals surface area contributed by atoms with Gasteiger partial charge in [0.25, 0.3) is 0 Å². The molecule has 2 bridgehead atoms. The molecule has 4 aromatic rings. The molecule has 3 aliphatic heterocycles. The molecular weight excluding hydrogens is 712 g/mol. The molecular formula is C35H36Cl2FN3O8S. The van der Waals surface area contributed by atoms with Gasteiger partial charge in [-0.15, -0.1) is 11.3 Å². The van der Waals surface area contributed by atoms with E-state index >= 15 is 4.39 Å². The number of nitrogens with zero attached hydrogens (tertiary/aromatic N) is 2. The van der Waals surface area contributed by atoms with Crippen molar-refractivity contribution in [2.75, 3.05) is 38.8 Å². The van der Waals surface area contributed by atoms with Crippen LogP contribution in [0.25, 0.3) is 0 Å². The van der Waals surface area contributed by atoms with E-state index in [4.69, 9.17) is 42.1 Å². The second-order valence-electron chi connectivity index (χ2n) is 11.9. The Morgan fingerprint density at radius 3 is 2.44 bits per heavy atom. The van der Waals surface area contributed by atoms with Crippen LogP contribution in [0.4, 0.5) is 14.9 Å². The standard InChI is InChI=1S/C35H34Cl2FN3O7S.H2O/c1-45-28-8-6-21(14-30(28)46-2)29(15-23-24(36)16-39-17-25(23)37)47-34(43)32-9-7-22(49-32)18-41(26-4-3-5-27(42)33(26)38)35(44)48-31-19-40-12-10-20(31)11-13-40;/h3-9,14,16-17,20,29,31,42H,10-13,15,18-19H2,1-2H3;1H2/t29-,31-;/m0./s1. The lowest BCUT2D eigenvalue weighted by molar-refractivity contribution is -0.377. The van der Waals surface area contributed by atoms with Gasteiger partial charge in [0, 0.05) is 23.4 Å². The highest BCUT2D eigenvalue weighted by molar-refractivity contribution is 7.14. The summed E-state index contributed by atoms with van der Waals surface area (Å²) in [6.07, 6.45) is 3.31. The molecule has 2 aromatic carbocycles. The lowest BCUT2D eigenvalue weighted by Gasteiger charge is -2.44. The second kappa shape index (κ2) is 16.3. The molecule has 15 heteroatoms. The van der Waals surface area contributed by atoms with E-state index in [2.05, 4.69) is 9.88 Å². The number of pyridine rings is 1. The van der Waals surface area contributed by atoms with Gasteiger partial charge in [0.2, 0.25) is 0 Å². The number of amides is 1. The predicted octanol–water partition coefficient (Wildman–Crippen LogP) is 6.93. The van der Waals surface area contributed by atoms with E-state index in [1.807, 2.05) is 0 Å². The fraction of sp³-hybridized carbons (Fsp3) is 0.343. The summed E-state index contributed by atoms with van der Waals surface area (Å²) in [7, 11) is 3.03. The Balaban J connectivity index is 0.00000486. The van der Waals surface area contributed by atoms with Crippen LogP contribution >= 0.6 is 34.5 Å². The third-order valence-electron chi connectivity index (χ3n) is 8.91. The van der Waals surface area contributed by atoms with Crippen molar-refractivity contribution in [3.8, 4) is 17.2 Å². The number of hydrogen-bond donors (Lipinski definition) is 1. The third kappa shape index (κ3) is 8.08. The van der Waals surface area contributed by atoms with Crippen LogP contribution in [-0.2, 0) is 22.4 Å². The van der Waals surface area contributed by atoms with E-state index in [9.17, 15) is 14.7 Å². The predicted molar refractivity (Wildman–Crippen MR) is 184 cm³/mol. The summed E-state index contributed by atoms with van der Waals surface area (Å²) >= 11 is 14.0. The van der Waals surface area contributed by atoms with Gasteiger partial charge in [-0.3, -0.25) is 9.80 Å². The van der Waals surface area contributed by atoms with E-state index in [0.29, 0.717) is 44.1 Å². The summed E-state index contributed by atoms with van der Waals surface area (Å²) in [5.41, 5.74) is 1.06. The van der Waals surface area contributed by atoms with Gasteiger partial charge >= 0.3 is 12.1 Å². The number of hydrogen-bond acceptors (Lipinski definition) is 10. The van der Waals surface area contributed by atoms with Gasteiger partial charge in [-0.25, -0.2) is 19.0 Å². The number of piperidine rings is 3. The molecule has 0 unspecified atom stereocenters. The summed E-state index contributed by atoms with van der Waals surface area (Å²) in [6, 6.07) is 12.5. The van der Waals surface area contributed by atoms with Crippen LogP contribution in [0.1, 0.15) is 44.6 Å². The smallest absolute Gasteiger partial charge is 0.415 e. The number of aromatic amines is 1. The molecule has 0 aliphatic carbocycles. The Bertz CT molecular complexity index is 1820. The first-order valence-electron chi connectivity index (χ1n) is 15.7. The number of nitrogens with one attached hydrogen (secondary N) is 1. The van der Waals surface area contributed by atoms with Crippen molar-refractivity contribution in [2.45, 2.75) is 38.0 Å². The maximum absolute atomic E-state index is 15.2. The number of rotatable bonds is 11. The summed E-state index contributed by atoms with van der Waals surface area (Å²) < 4.78 is 38.1. The number of carbonyl (C=O) groups excluding carboxylic acids is 2. The minimum Gasteiger partial charge on any atom is -0.870 e. The number of aromatic hydroxyl groups is 1. The number of aromatic nitrogens is 1. The quantitative estimate of drug-likeness (QED) is 0.162. The number of esters is 1. The third-order valence-corrected chi connectivity index (χ3v) is 10.6. The van der Waals surface area contributed by atoms with Crippen LogP contribution in [0.2, 0.25) is 10.0 Å². The Kier molecular flexibility index (Phi) is 12.1. The second-order valence-corrected chi connectivity index (χ2v) is 13.8. The van der Waals surface area contributed by atoms with Crippen molar-refractivity contribution in [1.29, 1.82) is 0 Å². The molecule has 7 rings (SSSR count). The molecule has 5 heterocycles. The molecule has 11 nitrogen and oxygen atoms in total. The fourth-order valence-corrected chi connectivity index (χ4v) is 7.67. The summed E-state index contributed by atoms with van der Waals surface area (Å²) in [6.45, 7) is 2.45. The maximum atomic E-state index is 15.2. The van der Waals surface area contributed by atoms with Crippen molar-refractivity contribution < 1.29 is 48.5 Å². The highest BCUT2D eigenvalue weighted by atomic mass is 35.5. The number of benzene rings is 2. The number of fused-ring (bicyclic) bond motifs is 3. The van der Waals surface area contributed by atoms with Gasteiger partial charge in [0.1, 0.15) is 27.1 Å². The molecule has 0 radical (unpaired) electrons. The molecule has 3 aliphatic rings. The van der Waals surface area contributed by atoms with Gasteiger partial charge in [-0.1, -0.05) is 35.3 Å². The highest BCUT2D eigenvalue weighted by Gasteiger charge is 2.38. The fourth-order valence-electron chi connectivity index (χ4n) is 6.25. The van der Waals surface area contributed by atoms with Crippen molar-refractivity contribution in [1.82, 2.24) is 4.90 Å². The topological polar surface area (TPSA) is 142 Å². The molecule has 3 fully saturated rings. The normalized spacial score (nSPS) is 18.5. The van der Waals surface area contributed by atoms with Crippen molar-refractivity contribution >= 4 is 52.3 Å². The van der Waals surface area contributed by atoms with E-state index in [1.165, 1.54) is 32.4 Å². The SMILES string of the molecule is COc1ccc([C@H](Cc2c(Cl)c[nH+]cc2Cl)OC(=O)c2ccc(CN(C(=O)O[C@H]3CN4CCC3CC4)c3cccc(O)c3F)s2)cc1OC.[OH-]. The summed E-state index contributed by atoms with van der Waals surface area (Å²) in [5.74, 6) is -0.975. The number of anilines is 1. The lowest BCUT2D eigenvalue weighted by Crippen LogP contribution is -2.53. The molecule has 3 saturated heterocycles. The molecule has 50 heavy (non-hydrogen) atoms. The molecule has 0 spiro atoms. The number of thiophene rings is 1. The first-order valence-corrected chi connectivity index (χ1v) is 17.3. The molecule has 2 aromatic heterocycles. The van der Waals surface area contributed by atoms with Crippen LogP contribution in [0.5, 0.6) is 17.2 Å². The Morgan fingerprint density at radius 1 is 1.06 bits per heavy atom. The van der Waals surface area contributed by atoms with Crippen LogP contribution in [0.3, 0.4) is 0 Å². The number of phenolic OH excluding ortho intramolecular Hbond substituents is 1. The molecule has 2 atom stereocenters. The number of phenols is 1. The number of carbonyl (C=O) groups is 2. The molecule has 266 valence electrons. The average molecular weight is 749 g/mol. The zero-order valence-electron chi connectivity index (χ0n) is 27.2. The van der Waals surface area contributed by atoms with Gasteiger partial charge in [-0.05, 0) is 73.8 Å². The van der Waals surface area contributed by atoms with Crippen molar-refractivity contribution in [3.05, 3.63) is 97.7 Å². The first-order chi connectivity index (χ1) is 23.6. The average Bonchev–Trinajstić information content (AvgIpc) is 3.59. The molecule has 1 amide bonds. The van der Waals surface area contributed by atoms with Gasteiger partial charge < -0.3 is 29.5 Å². The number of methoxy groups -OCH3 is 2. The van der Waals surface area contributed by atoms with E-state index < -0.39 is 29.7 Å². The van der Waals surface area contributed by atoms with Gasteiger partial charge in [-0.2, -0.15) is 0 Å². The molecule has 3 N–H and O–H groups in total. The molecule has 0 saturated carbocycles. The van der Waals surface area contributed by atoms with E-state index in [0.717, 1.165) is 42.2 Å². The van der Waals surface area contributed by atoms with E-state index in [-0.39, 0.29) is 41.0 Å². The first kappa shape index (κ1) is 37.1. The van der Waals surface area contributed by atoms with Gasteiger partial charge in [0.15, 0.2) is 35.5 Å². The largest absolute Gasteiger partial charge is 0.870 e. The number of halogens is 3. The monoisotopic (exact) mass is 747 g/mol. The Labute approximate surface area is 302 Å². The zero-order valence-corrected chi connectivity index (χ0v) is 29.6. The van der Waals surface area contributed by atoms with Crippen LogP contribution in [-0.4, -0.2) is 67.5 Å². The summed E-state index contributed by atoms with van der Waals surface area (Å²) in [4.78, 5) is 34.4. The van der Waals surface area contributed by atoms with Crippen LogP contribution in [0, 0.1) is 11.7 Å². The van der Waals surface area contributed by atoms with Crippen molar-refractivity contribution in [3.63, 3.8) is 0 Å². The lowest BCUT2D eigenvalue weighted by atomic mass is 9.86. The van der Waals surface area contributed by atoms with Crippen LogP contribution < -0.4 is 19.4 Å². The minimum atomic E-state index is -0.946. The highest BCUT2D eigenvalue weighted by Crippen LogP contribution is 2.37. The Hall–Kier alpha value is -4.14.